The van der Waals surface area contributed by atoms with Crippen LogP contribution in [0.15, 0.2) is 12.1 Å². The van der Waals surface area contributed by atoms with Crippen molar-refractivity contribution in [1.82, 2.24) is 4.98 Å². The first-order valence-electron chi connectivity index (χ1n) is 4.39. The molecule has 0 spiro atoms. The fraction of sp³-hybridized carbons (Fsp3) is 0.444. The van der Waals surface area contributed by atoms with Gasteiger partial charge in [-0.25, -0.2) is 0 Å². The zero-order chi connectivity index (χ0) is 11.6. The van der Waals surface area contributed by atoms with Gasteiger partial charge >= 0.3 is 0 Å². The van der Waals surface area contributed by atoms with Crippen molar-refractivity contribution in [2.24, 2.45) is 0 Å². The lowest BCUT2D eigenvalue weighted by atomic mass is 10.2. The zero-order valence-corrected chi connectivity index (χ0v) is 8.85. The molecule has 0 saturated carbocycles. The second-order valence-electron chi connectivity index (χ2n) is 4.06. The van der Waals surface area contributed by atoms with Crippen LogP contribution in [0.25, 0.3) is 0 Å². The van der Waals surface area contributed by atoms with E-state index in [1.54, 1.807) is 0 Å². The summed E-state index contributed by atoms with van der Waals surface area (Å²) >= 11 is 0. The number of anilines is 1. The Morgan fingerprint density at radius 2 is 2.07 bits per heavy atom. The predicted molar refractivity (Wildman–Crippen MR) is 55.7 cm³/mol. The number of aromatic nitrogens is 1. The van der Waals surface area contributed by atoms with E-state index < -0.39 is 10.5 Å². The van der Waals surface area contributed by atoms with E-state index in [9.17, 15) is 10.1 Å². The van der Waals surface area contributed by atoms with Crippen molar-refractivity contribution in [2.75, 3.05) is 5.73 Å². The third kappa shape index (κ3) is 3.41. The van der Waals surface area contributed by atoms with Gasteiger partial charge in [-0.2, -0.15) is 4.98 Å². The standard InChI is InChI=1S/C9H13N3O3/c1-9(2,3)15-8-5-6(12(13)14)4-7(10)11-8/h4-5H,1-3H3,(H2,10,11). The zero-order valence-electron chi connectivity index (χ0n) is 8.85. The first-order chi connectivity index (χ1) is 6.78. The number of nitrogen functional groups attached to an aromatic ring is 1. The smallest absolute Gasteiger partial charge is 0.278 e. The summed E-state index contributed by atoms with van der Waals surface area (Å²) < 4.78 is 5.38. The molecule has 0 amide bonds. The molecule has 0 atom stereocenters. The van der Waals surface area contributed by atoms with Crippen LogP contribution in [0, 0.1) is 10.1 Å². The summed E-state index contributed by atoms with van der Waals surface area (Å²) in [5.41, 5.74) is 4.83. The first kappa shape index (κ1) is 11.2. The Labute approximate surface area is 87.2 Å². The lowest BCUT2D eigenvalue weighted by Crippen LogP contribution is -2.23. The van der Waals surface area contributed by atoms with Crippen molar-refractivity contribution in [1.29, 1.82) is 0 Å². The monoisotopic (exact) mass is 211 g/mol. The molecule has 1 heterocycles. The predicted octanol–water partition coefficient (Wildman–Crippen LogP) is 1.75. The Hall–Kier alpha value is -1.85. The van der Waals surface area contributed by atoms with Gasteiger partial charge in [0.05, 0.1) is 17.1 Å². The molecule has 0 radical (unpaired) electrons. The highest BCUT2D eigenvalue weighted by Crippen LogP contribution is 2.23. The summed E-state index contributed by atoms with van der Waals surface area (Å²) in [6, 6.07) is 2.44. The maximum atomic E-state index is 10.5. The average molecular weight is 211 g/mol. The summed E-state index contributed by atoms with van der Waals surface area (Å²) in [4.78, 5) is 13.9. The van der Waals surface area contributed by atoms with Crippen LogP contribution >= 0.6 is 0 Å². The lowest BCUT2D eigenvalue weighted by molar-refractivity contribution is -0.384. The molecule has 1 aromatic rings. The summed E-state index contributed by atoms with van der Waals surface area (Å²) in [6.45, 7) is 5.47. The first-order valence-corrected chi connectivity index (χ1v) is 4.39. The quantitative estimate of drug-likeness (QED) is 0.594. The molecular weight excluding hydrogens is 198 g/mol. The summed E-state index contributed by atoms with van der Waals surface area (Å²) in [5.74, 6) is 0.234. The van der Waals surface area contributed by atoms with Gasteiger partial charge in [-0.1, -0.05) is 0 Å². The molecule has 0 saturated heterocycles. The third-order valence-corrected chi connectivity index (χ3v) is 1.43. The number of ether oxygens (including phenoxy) is 1. The fourth-order valence-corrected chi connectivity index (χ4v) is 0.983. The van der Waals surface area contributed by atoms with Gasteiger partial charge in [-0.05, 0) is 20.8 Å². The number of rotatable bonds is 2. The largest absolute Gasteiger partial charge is 0.472 e. The van der Waals surface area contributed by atoms with E-state index in [1.165, 1.54) is 12.1 Å². The van der Waals surface area contributed by atoms with Crippen LogP contribution < -0.4 is 10.5 Å². The van der Waals surface area contributed by atoms with Crippen LogP contribution in [-0.4, -0.2) is 15.5 Å². The number of hydrogen-bond donors (Lipinski definition) is 1. The Morgan fingerprint density at radius 3 is 2.53 bits per heavy atom. The maximum Gasteiger partial charge on any atom is 0.278 e. The average Bonchev–Trinajstić information content (AvgIpc) is 1.99. The van der Waals surface area contributed by atoms with E-state index >= 15 is 0 Å². The molecule has 0 aliphatic rings. The van der Waals surface area contributed by atoms with Crippen LogP contribution in [0.2, 0.25) is 0 Å². The van der Waals surface area contributed by atoms with Crippen molar-refractivity contribution >= 4 is 11.5 Å². The molecule has 0 aliphatic carbocycles. The fourth-order valence-electron chi connectivity index (χ4n) is 0.983. The normalized spacial score (nSPS) is 11.1. The summed E-state index contributed by atoms with van der Waals surface area (Å²) in [7, 11) is 0. The molecule has 1 aromatic heterocycles. The second kappa shape index (κ2) is 3.72. The Bertz CT molecular complexity index is 385. The molecule has 6 heteroatoms. The third-order valence-electron chi connectivity index (χ3n) is 1.43. The van der Waals surface area contributed by atoms with Gasteiger partial charge in [-0.3, -0.25) is 10.1 Å². The van der Waals surface area contributed by atoms with Crippen LogP contribution in [-0.2, 0) is 0 Å². The van der Waals surface area contributed by atoms with Gasteiger partial charge < -0.3 is 10.5 Å². The van der Waals surface area contributed by atoms with Gasteiger partial charge in [-0.15, -0.1) is 0 Å². The molecule has 0 aromatic carbocycles. The van der Waals surface area contributed by atoms with Crippen molar-refractivity contribution in [3.8, 4) is 5.88 Å². The highest BCUT2D eigenvalue weighted by atomic mass is 16.6. The van der Waals surface area contributed by atoms with Crippen molar-refractivity contribution in [2.45, 2.75) is 26.4 Å². The van der Waals surface area contributed by atoms with Crippen molar-refractivity contribution in [3.05, 3.63) is 22.2 Å². The topological polar surface area (TPSA) is 91.3 Å². The van der Waals surface area contributed by atoms with Crippen LogP contribution in [0.1, 0.15) is 20.8 Å². The highest BCUT2D eigenvalue weighted by molar-refractivity contribution is 5.45. The van der Waals surface area contributed by atoms with Crippen molar-refractivity contribution in [3.63, 3.8) is 0 Å². The van der Waals surface area contributed by atoms with Gasteiger partial charge in [0.25, 0.3) is 5.69 Å². The minimum Gasteiger partial charge on any atom is -0.472 e. The van der Waals surface area contributed by atoms with Gasteiger partial charge in [0.15, 0.2) is 0 Å². The molecule has 0 aliphatic heterocycles. The molecule has 15 heavy (non-hydrogen) atoms. The molecular formula is C9H13N3O3. The maximum absolute atomic E-state index is 10.5. The summed E-state index contributed by atoms with van der Waals surface area (Å²) in [6.07, 6.45) is 0. The second-order valence-corrected chi connectivity index (χ2v) is 4.06. The van der Waals surface area contributed by atoms with Gasteiger partial charge in [0.2, 0.25) is 5.88 Å². The number of nitrogens with two attached hydrogens (primary N) is 1. The van der Waals surface area contributed by atoms with Crippen LogP contribution in [0.4, 0.5) is 11.5 Å². The number of nitrogens with zero attached hydrogens (tertiary/aromatic N) is 2. The molecule has 2 N–H and O–H groups in total. The Kier molecular flexibility index (Phi) is 2.78. The number of hydrogen-bond acceptors (Lipinski definition) is 5. The Balaban J connectivity index is 3.04. The van der Waals surface area contributed by atoms with E-state index in [2.05, 4.69) is 4.98 Å². The molecule has 82 valence electrons. The van der Waals surface area contributed by atoms with Gasteiger partial charge in [0, 0.05) is 0 Å². The minimum absolute atomic E-state index is 0.0726. The minimum atomic E-state index is -0.534. The lowest BCUT2D eigenvalue weighted by Gasteiger charge is -2.20. The van der Waals surface area contributed by atoms with Crippen LogP contribution in [0.5, 0.6) is 5.88 Å². The summed E-state index contributed by atoms with van der Waals surface area (Å²) in [5, 5.41) is 10.5. The van der Waals surface area contributed by atoms with E-state index in [1.807, 2.05) is 20.8 Å². The van der Waals surface area contributed by atoms with Crippen LogP contribution in [0.3, 0.4) is 0 Å². The highest BCUT2D eigenvalue weighted by Gasteiger charge is 2.16. The van der Waals surface area contributed by atoms with Gasteiger partial charge in [0.1, 0.15) is 11.4 Å². The molecule has 0 unspecified atom stereocenters. The van der Waals surface area contributed by atoms with E-state index in [-0.39, 0.29) is 17.4 Å². The van der Waals surface area contributed by atoms with E-state index in [0.717, 1.165) is 0 Å². The van der Waals surface area contributed by atoms with E-state index in [4.69, 9.17) is 10.5 Å². The SMILES string of the molecule is CC(C)(C)Oc1cc([N+](=O)[O-])cc(N)n1. The molecule has 6 nitrogen and oxygen atoms in total. The van der Waals surface area contributed by atoms with E-state index in [0.29, 0.717) is 0 Å². The number of nitro groups is 1. The molecule has 0 fully saturated rings. The molecule has 0 bridgehead atoms. The Morgan fingerprint density at radius 1 is 1.47 bits per heavy atom. The molecule has 1 rings (SSSR count). The van der Waals surface area contributed by atoms with Crippen molar-refractivity contribution < 1.29 is 9.66 Å². The number of pyridine rings is 1.